The summed E-state index contributed by atoms with van der Waals surface area (Å²) in [5.41, 5.74) is -0.350. The molecule has 0 fully saturated rings. The molecule has 32 heavy (non-hydrogen) atoms. The summed E-state index contributed by atoms with van der Waals surface area (Å²) in [5.74, 6) is -0.136. The number of benzene rings is 2. The van der Waals surface area contributed by atoms with E-state index in [-0.39, 0.29) is 18.4 Å². The molecule has 2 aromatic carbocycles. The second-order valence-electron chi connectivity index (χ2n) is 9.14. The van der Waals surface area contributed by atoms with Crippen LogP contribution < -0.4 is 25.0 Å². The molecule has 170 valence electrons. The minimum absolute atomic E-state index is 0.249. The summed E-state index contributed by atoms with van der Waals surface area (Å²) in [6.45, 7) is 8.68. The number of ether oxygens (including phenoxy) is 2. The Hall–Kier alpha value is -3.55. The first-order valence-corrected chi connectivity index (χ1v) is 10.3. The van der Waals surface area contributed by atoms with Crippen molar-refractivity contribution in [1.29, 1.82) is 0 Å². The van der Waals surface area contributed by atoms with Crippen molar-refractivity contribution < 1.29 is 23.9 Å². The van der Waals surface area contributed by atoms with E-state index in [1.807, 2.05) is 20.8 Å². The normalized spacial score (nSPS) is 14.8. The molecule has 8 nitrogen and oxygen atoms in total. The third-order valence-electron chi connectivity index (χ3n) is 4.81. The van der Waals surface area contributed by atoms with E-state index < -0.39 is 17.0 Å². The third kappa shape index (κ3) is 5.01. The number of carbonyl (C=O) groups excluding carboxylic acids is 3. The Labute approximate surface area is 187 Å². The topological polar surface area (TPSA) is 97.0 Å². The standard InChI is InChI=1S/C24H29N3O5/c1-23(2,3)26-21(29)15-11-12-19-17(13-15)27(22(30)24(4,5)32-19)14-20(28)25-16-9-7-8-10-18(16)31-6/h7-13H,14H2,1-6H3,(H,25,28)(H,26,29). The number of nitrogens with one attached hydrogen (secondary N) is 2. The van der Waals surface area contributed by atoms with Crippen molar-refractivity contribution in [3.63, 3.8) is 0 Å². The molecule has 1 aliphatic rings. The van der Waals surface area contributed by atoms with Gasteiger partial charge in [-0.05, 0) is 65.0 Å². The van der Waals surface area contributed by atoms with Gasteiger partial charge in [0.25, 0.3) is 11.8 Å². The van der Waals surface area contributed by atoms with Crippen LogP contribution in [0.15, 0.2) is 42.5 Å². The van der Waals surface area contributed by atoms with Crippen molar-refractivity contribution in [3.8, 4) is 11.5 Å². The number of methoxy groups -OCH3 is 1. The molecular formula is C24H29N3O5. The van der Waals surface area contributed by atoms with Gasteiger partial charge >= 0.3 is 0 Å². The Balaban J connectivity index is 1.91. The molecule has 0 unspecified atom stereocenters. The average molecular weight is 440 g/mol. The SMILES string of the molecule is COc1ccccc1NC(=O)CN1C(=O)C(C)(C)Oc2ccc(C(=O)NC(C)(C)C)cc21. The van der Waals surface area contributed by atoms with E-state index in [0.29, 0.717) is 28.4 Å². The van der Waals surface area contributed by atoms with E-state index in [9.17, 15) is 14.4 Å². The summed E-state index contributed by atoms with van der Waals surface area (Å²) in [6.07, 6.45) is 0. The predicted molar refractivity (Wildman–Crippen MR) is 122 cm³/mol. The molecule has 2 N–H and O–H groups in total. The first-order chi connectivity index (χ1) is 14.9. The van der Waals surface area contributed by atoms with Crippen molar-refractivity contribution in [2.24, 2.45) is 0 Å². The fourth-order valence-corrected chi connectivity index (χ4v) is 3.36. The highest BCUT2D eigenvalue weighted by atomic mass is 16.5. The number of hydrogen-bond acceptors (Lipinski definition) is 5. The zero-order valence-corrected chi connectivity index (χ0v) is 19.2. The van der Waals surface area contributed by atoms with Crippen molar-refractivity contribution in [2.75, 3.05) is 23.9 Å². The molecule has 0 saturated heterocycles. The largest absolute Gasteiger partial charge is 0.495 e. The number of amides is 3. The molecule has 0 radical (unpaired) electrons. The van der Waals surface area contributed by atoms with Gasteiger partial charge < -0.3 is 20.1 Å². The fourth-order valence-electron chi connectivity index (χ4n) is 3.36. The zero-order valence-electron chi connectivity index (χ0n) is 19.2. The van der Waals surface area contributed by atoms with E-state index in [0.717, 1.165) is 0 Å². The molecule has 3 rings (SSSR count). The highest BCUT2D eigenvalue weighted by Crippen LogP contribution is 2.38. The molecule has 1 aliphatic heterocycles. The fraction of sp³-hybridized carbons (Fsp3) is 0.375. The second-order valence-corrected chi connectivity index (χ2v) is 9.14. The van der Waals surface area contributed by atoms with Crippen LogP contribution in [0, 0.1) is 0 Å². The van der Waals surface area contributed by atoms with Crippen LogP contribution >= 0.6 is 0 Å². The van der Waals surface area contributed by atoms with Gasteiger partial charge in [-0.25, -0.2) is 0 Å². The minimum Gasteiger partial charge on any atom is -0.495 e. The summed E-state index contributed by atoms with van der Waals surface area (Å²) in [5, 5.41) is 5.67. The molecule has 0 saturated carbocycles. The molecule has 0 aromatic heterocycles. The Morgan fingerprint density at radius 1 is 1.12 bits per heavy atom. The van der Waals surface area contributed by atoms with E-state index >= 15 is 0 Å². The number of nitrogens with zero attached hydrogens (tertiary/aromatic N) is 1. The molecule has 1 heterocycles. The number of hydrogen-bond donors (Lipinski definition) is 2. The summed E-state index contributed by atoms with van der Waals surface area (Å²) in [7, 11) is 1.51. The predicted octanol–water partition coefficient (Wildman–Crippen LogP) is 3.37. The molecule has 0 bridgehead atoms. The van der Waals surface area contributed by atoms with Gasteiger partial charge in [0.15, 0.2) is 5.60 Å². The first-order valence-electron chi connectivity index (χ1n) is 10.3. The van der Waals surface area contributed by atoms with Gasteiger partial charge in [-0.1, -0.05) is 12.1 Å². The van der Waals surface area contributed by atoms with Crippen molar-refractivity contribution in [2.45, 2.75) is 45.8 Å². The van der Waals surface area contributed by atoms with Crippen LogP contribution in [0.2, 0.25) is 0 Å². The Morgan fingerprint density at radius 3 is 2.47 bits per heavy atom. The van der Waals surface area contributed by atoms with Gasteiger partial charge in [0.05, 0.1) is 18.5 Å². The maximum absolute atomic E-state index is 13.1. The van der Waals surface area contributed by atoms with Crippen LogP contribution in [0.5, 0.6) is 11.5 Å². The quantitative estimate of drug-likeness (QED) is 0.745. The van der Waals surface area contributed by atoms with Crippen LogP contribution in [0.25, 0.3) is 0 Å². The van der Waals surface area contributed by atoms with E-state index in [1.165, 1.54) is 12.0 Å². The maximum Gasteiger partial charge on any atom is 0.271 e. The lowest BCUT2D eigenvalue weighted by Gasteiger charge is -2.38. The summed E-state index contributed by atoms with van der Waals surface area (Å²) >= 11 is 0. The van der Waals surface area contributed by atoms with Crippen LogP contribution in [-0.4, -0.2) is 42.5 Å². The molecule has 3 amide bonds. The van der Waals surface area contributed by atoms with Gasteiger partial charge in [0.1, 0.15) is 18.0 Å². The highest BCUT2D eigenvalue weighted by molar-refractivity contribution is 6.09. The molecule has 2 aromatic rings. The summed E-state index contributed by atoms with van der Waals surface area (Å²) in [6, 6.07) is 11.9. The number of rotatable bonds is 5. The van der Waals surface area contributed by atoms with Crippen molar-refractivity contribution >= 4 is 29.1 Å². The molecule has 0 aliphatic carbocycles. The number of fused-ring (bicyclic) bond motifs is 1. The highest BCUT2D eigenvalue weighted by Gasteiger charge is 2.42. The molecule has 0 spiro atoms. The minimum atomic E-state index is -1.16. The Kier molecular flexibility index (Phi) is 6.16. The van der Waals surface area contributed by atoms with Gasteiger partial charge in [0, 0.05) is 11.1 Å². The Bertz CT molecular complexity index is 1060. The summed E-state index contributed by atoms with van der Waals surface area (Å²) in [4.78, 5) is 40.0. The Morgan fingerprint density at radius 2 is 1.81 bits per heavy atom. The number of anilines is 2. The van der Waals surface area contributed by atoms with Crippen molar-refractivity contribution in [3.05, 3.63) is 48.0 Å². The first kappa shape index (κ1) is 23.1. The van der Waals surface area contributed by atoms with Gasteiger partial charge in [-0.2, -0.15) is 0 Å². The number of carbonyl (C=O) groups is 3. The van der Waals surface area contributed by atoms with Gasteiger partial charge in [-0.15, -0.1) is 0 Å². The van der Waals surface area contributed by atoms with Crippen LogP contribution in [-0.2, 0) is 9.59 Å². The van der Waals surface area contributed by atoms with Gasteiger partial charge in [-0.3, -0.25) is 19.3 Å². The zero-order chi connectivity index (χ0) is 23.7. The van der Waals surface area contributed by atoms with Gasteiger partial charge in [0.2, 0.25) is 5.91 Å². The van der Waals surface area contributed by atoms with E-state index in [4.69, 9.17) is 9.47 Å². The average Bonchev–Trinajstić information content (AvgIpc) is 2.70. The van der Waals surface area contributed by atoms with E-state index in [1.54, 1.807) is 56.3 Å². The van der Waals surface area contributed by atoms with E-state index in [2.05, 4.69) is 10.6 Å². The lowest BCUT2D eigenvalue weighted by atomic mass is 10.0. The smallest absolute Gasteiger partial charge is 0.271 e. The van der Waals surface area contributed by atoms with Crippen LogP contribution in [0.4, 0.5) is 11.4 Å². The third-order valence-corrected chi connectivity index (χ3v) is 4.81. The molecule has 0 atom stereocenters. The second kappa shape index (κ2) is 8.53. The summed E-state index contributed by atoms with van der Waals surface area (Å²) < 4.78 is 11.1. The van der Waals surface area contributed by atoms with Crippen LogP contribution in [0.1, 0.15) is 45.0 Å². The van der Waals surface area contributed by atoms with Crippen molar-refractivity contribution in [1.82, 2.24) is 5.32 Å². The molecular weight excluding hydrogens is 410 g/mol. The van der Waals surface area contributed by atoms with Crippen LogP contribution in [0.3, 0.4) is 0 Å². The lowest BCUT2D eigenvalue weighted by molar-refractivity contribution is -0.133. The molecule has 8 heteroatoms. The maximum atomic E-state index is 13.1. The monoisotopic (exact) mass is 439 g/mol. The number of para-hydroxylation sites is 2. The lowest BCUT2D eigenvalue weighted by Crippen LogP contribution is -2.54.